The number of methoxy groups -OCH3 is 1. The Balaban J connectivity index is 1.36. The molecule has 0 spiro atoms. The van der Waals surface area contributed by atoms with Crippen LogP contribution in [-0.4, -0.2) is 96.5 Å². The Hall–Kier alpha value is -4.32. The third-order valence-electron chi connectivity index (χ3n) is 11.2. The summed E-state index contributed by atoms with van der Waals surface area (Å²) in [5.74, 6) is -3.26. The first-order valence-electron chi connectivity index (χ1n) is 18.9. The van der Waals surface area contributed by atoms with E-state index in [9.17, 15) is 40.8 Å². The second-order valence-electron chi connectivity index (χ2n) is 16.1. The number of aromatic nitrogens is 1. The second kappa shape index (κ2) is 15.8. The molecule has 1 saturated heterocycles. The topological polar surface area (TPSA) is 182 Å². The van der Waals surface area contributed by atoms with Gasteiger partial charge in [0.25, 0.3) is 5.91 Å². The number of alkyl halides is 3. The number of rotatable bonds is 8. The molecule has 4 aliphatic rings. The lowest BCUT2D eigenvalue weighted by atomic mass is 9.88. The summed E-state index contributed by atoms with van der Waals surface area (Å²) in [6.45, 7) is 4.73. The Bertz CT molecular complexity index is 2060. The van der Waals surface area contributed by atoms with Gasteiger partial charge in [0.2, 0.25) is 33.3 Å². The van der Waals surface area contributed by atoms with Crippen LogP contribution in [0.2, 0.25) is 5.02 Å². The first-order valence-corrected chi connectivity index (χ1v) is 20.8. The van der Waals surface area contributed by atoms with E-state index in [4.69, 9.17) is 25.8 Å². The third kappa shape index (κ3) is 8.91. The molecule has 1 aromatic heterocycles. The molecule has 0 bridgehead atoms. The summed E-state index contributed by atoms with van der Waals surface area (Å²) < 4.78 is 85.6. The largest absolute Gasteiger partial charge is 0.494 e. The van der Waals surface area contributed by atoms with Crippen LogP contribution in [0.3, 0.4) is 0 Å². The third-order valence-corrected chi connectivity index (χ3v) is 13.3. The van der Waals surface area contributed by atoms with Crippen molar-refractivity contribution in [2.45, 2.75) is 113 Å². The second-order valence-corrected chi connectivity index (χ2v) is 18.4. The maximum Gasteiger partial charge on any atom is 0.427 e. The van der Waals surface area contributed by atoms with E-state index in [1.165, 1.54) is 18.2 Å². The van der Waals surface area contributed by atoms with Gasteiger partial charge in [-0.05, 0) is 76.3 Å². The number of nitrogens with one attached hydrogen (secondary N) is 3. The van der Waals surface area contributed by atoms with Gasteiger partial charge in [0.05, 0.1) is 30.1 Å². The van der Waals surface area contributed by atoms with Crippen LogP contribution >= 0.6 is 11.6 Å². The lowest BCUT2D eigenvalue weighted by Gasteiger charge is -2.34. The number of halogens is 4. The Morgan fingerprint density at radius 3 is 2.49 bits per heavy atom. The number of fused-ring (bicyclic) bond motifs is 3. The van der Waals surface area contributed by atoms with Crippen molar-refractivity contribution in [2.75, 3.05) is 13.7 Å². The van der Waals surface area contributed by atoms with Gasteiger partial charge < -0.3 is 29.7 Å². The zero-order valence-corrected chi connectivity index (χ0v) is 33.7. The molecule has 2 aliphatic heterocycles. The maximum absolute atomic E-state index is 14.7. The van der Waals surface area contributed by atoms with Gasteiger partial charge in [0.15, 0.2) is 0 Å². The molecule has 4 amide bonds. The fourth-order valence-corrected chi connectivity index (χ4v) is 9.19. The van der Waals surface area contributed by atoms with Crippen molar-refractivity contribution < 1.29 is 55.0 Å². The highest BCUT2D eigenvalue weighted by atomic mass is 35.5. The highest BCUT2D eigenvalue weighted by Crippen LogP contribution is 2.46. The van der Waals surface area contributed by atoms with Crippen molar-refractivity contribution in [1.82, 2.24) is 25.2 Å². The van der Waals surface area contributed by atoms with Gasteiger partial charge in [-0.25, -0.2) is 18.2 Å². The number of amides is 4. The van der Waals surface area contributed by atoms with Gasteiger partial charge in [0.1, 0.15) is 29.5 Å². The molecule has 57 heavy (non-hydrogen) atoms. The molecular weight excluding hydrogens is 795 g/mol. The SMILES string of the molecule is COc1cnc(O[C@@H]2C[C@H]3C(=O)N[C@]4(C(=O)NS(=O)(=O)C5CC5)C[C@H]4/C=C\CC[C@H](C)C[C@@H](C)[C@H](NC(=O)OC(C)(C)C(F)(F)F)C(=O)N3C2)c2cccc(Cl)c12. The van der Waals surface area contributed by atoms with E-state index < -0.39 is 86.4 Å². The van der Waals surface area contributed by atoms with Crippen LogP contribution in [0.1, 0.15) is 72.6 Å². The highest BCUT2D eigenvalue weighted by Gasteiger charge is 2.62. The molecule has 3 fully saturated rings. The number of pyridine rings is 1. The minimum atomic E-state index is -4.92. The first kappa shape index (κ1) is 42.3. The predicted molar refractivity (Wildman–Crippen MR) is 202 cm³/mol. The maximum atomic E-state index is 14.7. The first-order chi connectivity index (χ1) is 26.7. The number of hydrogen-bond acceptors (Lipinski definition) is 10. The van der Waals surface area contributed by atoms with Crippen LogP contribution in [0.15, 0.2) is 36.5 Å². The summed E-state index contributed by atoms with van der Waals surface area (Å²) in [7, 11) is -2.54. The summed E-state index contributed by atoms with van der Waals surface area (Å²) in [6.07, 6.45) is -0.00747. The Morgan fingerprint density at radius 1 is 1.11 bits per heavy atom. The molecule has 2 aromatic rings. The van der Waals surface area contributed by atoms with Gasteiger partial charge in [0, 0.05) is 23.1 Å². The van der Waals surface area contributed by atoms with E-state index in [2.05, 4.69) is 20.3 Å². The normalized spacial score (nSPS) is 29.2. The monoisotopic (exact) mass is 841 g/mol. The fourth-order valence-electron chi connectivity index (χ4n) is 7.55. The molecule has 0 radical (unpaired) electrons. The van der Waals surface area contributed by atoms with Crippen LogP contribution in [0.5, 0.6) is 11.6 Å². The molecular formula is C38H47ClF3N5O9S. The Morgan fingerprint density at radius 2 is 1.82 bits per heavy atom. The Labute approximate surface area is 333 Å². The molecule has 1 aromatic carbocycles. The molecule has 7 atom stereocenters. The van der Waals surface area contributed by atoms with Crippen LogP contribution in [-0.2, 0) is 29.1 Å². The summed E-state index contributed by atoms with van der Waals surface area (Å²) in [4.78, 5) is 61.6. The van der Waals surface area contributed by atoms with Crippen molar-refractivity contribution in [2.24, 2.45) is 17.8 Å². The lowest BCUT2D eigenvalue weighted by molar-refractivity contribution is -0.244. The van der Waals surface area contributed by atoms with E-state index in [1.54, 1.807) is 31.2 Å². The fraction of sp³-hybridized carbons (Fsp3) is 0.605. The van der Waals surface area contributed by atoms with Gasteiger partial charge in [-0.3, -0.25) is 19.1 Å². The zero-order valence-electron chi connectivity index (χ0n) is 32.2. The molecule has 2 aliphatic carbocycles. The van der Waals surface area contributed by atoms with Crippen molar-refractivity contribution in [3.05, 3.63) is 41.6 Å². The molecule has 19 heteroatoms. The summed E-state index contributed by atoms with van der Waals surface area (Å²) in [5, 5.41) is 5.76. The smallest absolute Gasteiger partial charge is 0.427 e. The molecule has 312 valence electrons. The summed E-state index contributed by atoms with van der Waals surface area (Å²) >= 11 is 6.51. The predicted octanol–water partition coefficient (Wildman–Crippen LogP) is 5.18. The Kier molecular flexibility index (Phi) is 11.7. The van der Waals surface area contributed by atoms with E-state index >= 15 is 0 Å². The van der Waals surface area contributed by atoms with E-state index in [0.29, 0.717) is 67.5 Å². The van der Waals surface area contributed by atoms with Crippen molar-refractivity contribution >= 4 is 56.2 Å². The molecule has 2 saturated carbocycles. The van der Waals surface area contributed by atoms with Gasteiger partial charge in [-0.2, -0.15) is 13.2 Å². The minimum Gasteiger partial charge on any atom is -0.494 e. The molecule has 0 unspecified atom stereocenters. The lowest BCUT2D eigenvalue weighted by Crippen LogP contribution is -2.59. The van der Waals surface area contributed by atoms with Crippen molar-refractivity contribution in [3.8, 4) is 11.6 Å². The zero-order chi connectivity index (χ0) is 41.7. The number of alkyl carbamates (subject to hydrolysis) is 1. The van der Waals surface area contributed by atoms with Crippen molar-refractivity contribution in [1.29, 1.82) is 0 Å². The minimum absolute atomic E-state index is 0.0445. The molecule has 3 heterocycles. The molecule has 6 rings (SSSR count). The summed E-state index contributed by atoms with van der Waals surface area (Å²) in [5.41, 5.74) is -4.53. The number of carbonyl (C=O) groups excluding carboxylic acids is 4. The van der Waals surface area contributed by atoms with Crippen LogP contribution in [0.25, 0.3) is 10.8 Å². The van der Waals surface area contributed by atoms with E-state index in [-0.39, 0.29) is 31.2 Å². The van der Waals surface area contributed by atoms with E-state index in [1.807, 2.05) is 13.0 Å². The van der Waals surface area contributed by atoms with Crippen LogP contribution in [0, 0.1) is 17.8 Å². The highest BCUT2D eigenvalue weighted by molar-refractivity contribution is 7.91. The number of allylic oxidation sites excluding steroid dienone is 1. The average molecular weight is 842 g/mol. The molecule has 3 N–H and O–H groups in total. The van der Waals surface area contributed by atoms with Crippen LogP contribution in [0.4, 0.5) is 18.0 Å². The van der Waals surface area contributed by atoms with Gasteiger partial charge >= 0.3 is 12.3 Å². The summed E-state index contributed by atoms with van der Waals surface area (Å²) in [6, 6.07) is 2.25. The number of sulfonamides is 1. The molecule has 14 nitrogen and oxygen atoms in total. The van der Waals surface area contributed by atoms with Crippen molar-refractivity contribution in [3.63, 3.8) is 0 Å². The van der Waals surface area contributed by atoms with E-state index in [0.717, 1.165) is 0 Å². The number of hydrogen-bond donors (Lipinski definition) is 3. The average Bonchev–Trinajstić information content (AvgIpc) is 4.05. The number of benzene rings is 1. The quantitative estimate of drug-likeness (QED) is 0.300. The number of carbonyl (C=O) groups is 4. The standard InChI is InChI=1S/C38H47ClF3N5O9S/c1-20-9-6-7-10-22-17-37(22,34(50)46-57(52,53)24-13-14-24)45-31(48)27-16-23(55-32-25-11-8-12-26(39)29(25)28(54-5)18-43-32)19-47(27)33(49)30(21(2)15-20)44-35(51)56-36(3,4)38(40,41)42/h7-8,10-12,18,20-24,27,30H,6,9,13-17,19H2,1-5H3,(H,44,51)(H,45,48)(H,46,50)/b10-7-/t20-,21+,22+,23+,27-,30-,37+/m0/s1. The number of ether oxygens (including phenoxy) is 3. The van der Waals surface area contributed by atoms with Gasteiger partial charge in [-0.15, -0.1) is 0 Å². The number of nitrogens with zero attached hydrogens (tertiary/aromatic N) is 2. The van der Waals surface area contributed by atoms with Gasteiger partial charge in [-0.1, -0.05) is 43.7 Å². The van der Waals surface area contributed by atoms with Crippen LogP contribution < -0.4 is 24.8 Å².